The molecule has 1 aromatic rings. The van der Waals surface area contributed by atoms with E-state index >= 15 is 0 Å². The highest BCUT2D eigenvalue weighted by Gasteiger charge is 2.39. The fraction of sp³-hybridized carbons (Fsp3) is 0.750. The number of aromatic amines is 1. The third-order valence-corrected chi connectivity index (χ3v) is 7.80. The summed E-state index contributed by atoms with van der Waals surface area (Å²) in [5.41, 5.74) is 8.22. The van der Waals surface area contributed by atoms with Crippen LogP contribution in [-0.4, -0.2) is 53.0 Å². The molecular formula is C20H33N6O7PS. The second-order valence-corrected chi connectivity index (χ2v) is 11.8. The molecule has 1 aromatic heterocycles. The lowest BCUT2D eigenvalue weighted by atomic mass is 10.1. The van der Waals surface area contributed by atoms with E-state index in [9.17, 15) is 14.4 Å². The predicted molar refractivity (Wildman–Crippen MR) is 132 cm³/mol. The van der Waals surface area contributed by atoms with Gasteiger partial charge in [-0.25, -0.2) is 9.88 Å². The fourth-order valence-electron chi connectivity index (χ4n) is 3.45. The van der Waals surface area contributed by atoms with Crippen molar-refractivity contribution in [1.82, 2.24) is 14.6 Å². The summed E-state index contributed by atoms with van der Waals surface area (Å²) < 4.78 is 24.3. The number of aromatic nitrogens is 2. The lowest BCUT2D eigenvalue weighted by Gasteiger charge is -2.31. The van der Waals surface area contributed by atoms with Crippen LogP contribution >= 0.6 is 6.64 Å². The van der Waals surface area contributed by atoms with E-state index in [1.807, 2.05) is 13.8 Å². The highest BCUT2D eigenvalue weighted by Crippen LogP contribution is 2.47. The quantitative estimate of drug-likeness (QED) is 0.135. The predicted octanol–water partition coefficient (Wildman–Crippen LogP) is 2.65. The van der Waals surface area contributed by atoms with Crippen molar-refractivity contribution in [2.75, 3.05) is 13.2 Å². The zero-order valence-electron chi connectivity index (χ0n) is 20.7. The van der Waals surface area contributed by atoms with Crippen molar-refractivity contribution in [2.45, 2.75) is 78.5 Å². The Hall–Kier alpha value is -2.05. The van der Waals surface area contributed by atoms with E-state index in [4.69, 9.17) is 35.9 Å². The Morgan fingerprint density at radius 1 is 1.43 bits per heavy atom. The van der Waals surface area contributed by atoms with Crippen molar-refractivity contribution in [3.63, 3.8) is 0 Å². The van der Waals surface area contributed by atoms with Gasteiger partial charge in [0.25, 0.3) is 12.2 Å². The van der Waals surface area contributed by atoms with Crippen molar-refractivity contribution in [3.8, 4) is 0 Å². The summed E-state index contributed by atoms with van der Waals surface area (Å²) in [5.74, 6) is -0.626. The van der Waals surface area contributed by atoms with Gasteiger partial charge in [0.05, 0.1) is 31.5 Å². The molecule has 0 spiro atoms. The van der Waals surface area contributed by atoms with Crippen LogP contribution in [-0.2, 0) is 35.1 Å². The molecule has 1 unspecified atom stereocenters. The molecule has 1 aliphatic rings. The van der Waals surface area contributed by atoms with E-state index in [0.29, 0.717) is 5.56 Å². The van der Waals surface area contributed by atoms with Gasteiger partial charge in [0.1, 0.15) is 12.3 Å². The van der Waals surface area contributed by atoms with Crippen LogP contribution in [0.5, 0.6) is 0 Å². The normalized spacial score (nSPS) is 22.6. The van der Waals surface area contributed by atoms with Crippen LogP contribution in [0.4, 0.5) is 0 Å². The molecule has 15 heteroatoms. The van der Waals surface area contributed by atoms with Gasteiger partial charge in [0.15, 0.2) is 0 Å². The van der Waals surface area contributed by atoms with Crippen LogP contribution < -0.4 is 16.3 Å². The van der Waals surface area contributed by atoms with Crippen LogP contribution in [0.2, 0.25) is 0 Å². The second kappa shape index (κ2) is 12.8. The number of hydrogen-bond acceptors (Lipinski definition) is 9. The van der Waals surface area contributed by atoms with E-state index in [-0.39, 0.29) is 31.7 Å². The van der Waals surface area contributed by atoms with E-state index in [1.165, 1.54) is 10.8 Å². The first-order valence-electron chi connectivity index (χ1n) is 11.3. The minimum atomic E-state index is -3.22. The Bertz CT molecular complexity index is 1100. The number of carbonyl (C=O) groups excluding carboxylic acids is 1. The maximum atomic E-state index is 12.5. The molecule has 0 aromatic carbocycles. The van der Waals surface area contributed by atoms with Gasteiger partial charge in [-0.05, 0) is 51.0 Å². The number of esters is 1. The van der Waals surface area contributed by atoms with E-state index in [0.717, 1.165) is 0 Å². The summed E-state index contributed by atoms with van der Waals surface area (Å²) in [6, 6.07) is -1.43. The van der Waals surface area contributed by atoms with Gasteiger partial charge >= 0.3 is 11.7 Å². The maximum Gasteiger partial charge on any atom is 0.330 e. The Morgan fingerprint density at radius 2 is 2.11 bits per heavy atom. The van der Waals surface area contributed by atoms with E-state index in [2.05, 4.69) is 20.1 Å². The molecule has 13 nitrogen and oxygen atoms in total. The average Bonchev–Trinajstić information content (AvgIpc) is 3.15. The van der Waals surface area contributed by atoms with Crippen LogP contribution in [0.15, 0.2) is 20.9 Å². The lowest BCUT2D eigenvalue weighted by molar-refractivity contribution is -0.146. The van der Waals surface area contributed by atoms with Crippen molar-refractivity contribution >= 4 is 24.4 Å². The number of nitrogens with one attached hydrogen (secondary N) is 2. The highest BCUT2D eigenvalue weighted by atomic mass is 32.5. The van der Waals surface area contributed by atoms with Gasteiger partial charge in [-0.3, -0.25) is 19.1 Å². The molecule has 5 atom stereocenters. The molecule has 2 N–H and O–H groups in total. The molecule has 1 fully saturated rings. The first kappa shape index (κ1) is 29.2. The molecule has 0 bridgehead atoms. The van der Waals surface area contributed by atoms with Gasteiger partial charge in [0, 0.05) is 23.1 Å². The molecular weight excluding hydrogens is 499 g/mol. The zero-order valence-corrected chi connectivity index (χ0v) is 22.4. The number of ether oxygens (including phenoxy) is 2. The standard InChI is InChI=1S/C20H33N6O7PS/c1-7-30-19(28)17(11(2)3)24-34(35,33-12(4)5)31-10-15-14(23-25-21)8-16(32-15)26-9-13(6)18(27)22-20(26)29/h9,11-12,14-17H,7-8,10H2,1-6H3,(H,24,35)(H,22,27,29)/t14-,15+,16+,17-,34?/m0/s1. The third-order valence-electron chi connectivity index (χ3n) is 5.12. The topological polar surface area (TPSA) is 170 Å². The minimum absolute atomic E-state index is 0.123. The van der Waals surface area contributed by atoms with Crippen LogP contribution in [0.1, 0.15) is 52.8 Å². The van der Waals surface area contributed by atoms with Crippen molar-refractivity contribution in [3.05, 3.63) is 43.0 Å². The Morgan fingerprint density at radius 3 is 2.69 bits per heavy atom. The largest absolute Gasteiger partial charge is 0.465 e. The lowest BCUT2D eigenvalue weighted by Crippen LogP contribution is -2.41. The molecule has 35 heavy (non-hydrogen) atoms. The average molecular weight is 533 g/mol. The number of carbonyl (C=O) groups is 1. The Kier molecular flexibility index (Phi) is 10.6. The summed E-state index contributed by atoms with van der Waals surface area (Å²) in [4.78, 5) is 41.6. The van der Waals surface area contributed by atoms with E-state index < -0.39 is 48.3 Å². The number of azide groups is 1. The molecule has 2 heterocycles. The van der Waals surface area contributed by atoms with Gasteiger partial charge < -0.3 is 18.5 Å². The number of rotatable bonds is 12. The Balaban J connectivity index is 2.25. The summed E-state index contributed by atoms with van der Waals surface area (Å²) in [6.45, 7) is 7.41. The number of H-pyrrole nitrogens is 1. The summed E-state index contributed by atoms with van der Waals surface area (Å²) in [5, 5.41) is 6.82. The van der Waals surface area contributed by atoms with Gasteiger partial charge in [-0.1, -0.05) is 19.0 Å². The molecule has 0 aliphatic carbocycles. The zero-order chi connectivity index (χ0) is 26.3. The number of hydrogen-bond donors (Lipinski definition) is 2. The van der Waals surface area contributed by atoms with Gasteiger partial charge in [0.2, 0.25) is 0 Å². The minimum Gasteiger partial charge on any atom is -0.465 e. The van der Waals surface area contributed by atoms with Crippen LogP contribution in [0.25, 0.3) is 10.4 Å². The number of nitrogens with zero attached hydrogens (tertiary/aromatic N) is 4. The molecule has 2 rings (SSSR count). The van der Waals surface area contributed by atoms with Crippen molar-refractivity contribution in [1.29, 1.82) is 0 Å². The van der Waals surface area contributed by atoms with Crippen LogP contribution in [0, 0.1) is 12.8 Å². The van der Waals surface area contributed by atoms with Crippen molar-refractivity contribution < 1.29 is 23.3 Å². The van der Waals surface area contributed by atoms with Crippen LogP contribution in [0.3, 0.4) is 0 Å². The van der Waals surface area contributed by atoms with E-state index in [1.54, 1.807) is 27.7 Å². The monoisotopic (exact) mass is 532 g/mol. The summed E-state index contributed by atoms with van der Waals surface area (Å²) in [6.07, 6.45) is -0.279. The molecule has 0 saturated carbocycles. The molecule has 196 valence electrons. The third kappa shape index (κ3) is 7.97. The molecule has 1 saturated heterocycles. The van der Waals surface area contributed by atoms with Gasteiger partial charge in [-0.2, -0.15) is 0 Å². The first-order valence-corrected chi connectivity index (χ1v) is 13.9. The Labute approximate surface area is 208 Å². The maximum absolute atomic E-state index is 12.5. The molecule has 1 aliphatic heterocycles. The molecule has 0 amide bonds. The van der Waals surface area contributed by atoms with Crippen molar-refractivity contribution in [2.24, 2.45) is 11.0 Å². The highest BCUT2D eigenvalue weighted by molar-refractivity contribution is 8.09. The first-order chi connectivity index (χ1) is 16.4. The second-order valence-electron chi connectivity index (χ2n) is 8.67. The molecule has 0 radical (unpaired) electrons. The number of aryl methyl sites for hydroxylation is 1. The smallest absolute Gasteiger partial charge is 0.330 e. The van der Waals surface area contributed by atoms with Gasteiger partial charge in [-0.15, -0.1) is 0 Å². The fourth-order valence-corrected chi connectivity index (χ4v) is 6.33. The summed E-state index contributed by atoms with van der Waals surface area (Å²) in [7, 11) is 0. The summed E-state index contributed by atoms with van der Waals surface area (Å²) >= 11 is 5.68. The SMILES string of the molecule is CCOC(=O)[C@@H](NP(=S)(OC[C@H]1O[C@@H](n2cc(C)c(=O)[nH]c2=O)C[C@@H]1N=[N+]=[N-])OC(C)C)C(C)C.